The van der Waals surface area contributed by atoms with Gasteiger partial charge in [-0.05, 0) is 35.9 Å². The van der Waals surface area contributed by atoms with E-state index in [1.54, 1.807) is 0 Å². The second kappa shape index (κ2) is 4.88. The summed E-state index contributed by atoms with van der Waals surface area (Å²) in [5, 5.41) is 12.8. The van der Waals surface area contributed by atoms with Gasteiger partial charge in [-0.1, -0.05) is 35.9 Å². The molecular formula is C17H12ClNOS. The highest BCUT2D eigenvalue weighted by atomic mass is 35.5. The van der Waals surface area contributed by atoms with Crippen molar-refractivity contribution in [3.05, 3.63) is 69.4 Å². The molecule has 0 aliphatic rings. The second-order valence-corrected chi connectivity index (χ2v) is 6.77. The van der Waals surface area contributed by atoms with Crippen molar-refractivity contribution in [3.8, 4) is 0 Å². The third-order valence-corrected chi connectivity index (χ3v) is 4.99. The van der Waals surface area contributed by atoms with Crippen molar-refractivity contribution >= 4 is 44.7 Å². The summed E-state index contributed by atoms with van der Waals surface area (Å²) in [5.41, 5.74) is 3.07. The monoisotopic (exact) mass is 313 g/mol. The highest BCUT2D eigenvalue weighted by Crippen LogP contribution is 2.33. The molecular weight excluding hydrogens is 302 g/mol. The molecule has 0 spiro atoms. The summed E-state index contributed by atoms with van der Waals surface area (Å²) < 4.78 is 0.692. The molecule has 0 aliphatic carbocycles. The number of para-hydroxylation sites is 1. The molecule has 2 N–H and O–H groups in total. The summed E-state index contributed by atoms with van der Waals surface area (Å²) in [7, 11) is 0. The lowest BCUT2D eigenvalue weighted by atomic mass is 10.0. The smallest absolute Gasteiger partial charge is 0.113 e. The quantitative estimate of drug-likeness (QED) is 0.529. The van der Waals surface area contributed by atoms with Gasteiger partial charge in [-0.3, -0.25) is 0 Å². The second-order valence-electron chi connectivity index (χ2n) is 5.02. The first-order chi connectivity index (χ1) is 10.2. The first kappa shape index (κ1) is 12.9. The molecule has 4 rings (SSSR count). The molecule has 4 heteroatoms. The third-order valence-electron chi connectivity index (χ3n) is 3.71. The maximum Gasteiger partial charge on any atom is 0.113 e. The Balaban J connectivity index is 1.88. The molecule has 0 saturated heterocycles. The van der Waals surface area contributed by atoms with Crippen molar-refractivity contribution in [2.75, 3.05) is 0 Å². The standard InChI is InChI=1S/C17H12ClNOS/c18-16-8-7-15(21-16)17(20)10-5-6-14-12(9-10)11-3-1-2-4-13(11)19-14/h1-9,17,19-20H. The molecule has 0 radical (unpaired) electrons. The minimum atomic E-state index is -0.638. The molecule has 2 aromatic heterocycles. The number of hydrogen-bond acceptors (Lipinski definition) is 2. The highest BCUT2D eigenvalue weighted by Gasteiger charge is 2.14. The molecule has 1 unspecified atom stereocenters. The Labute approximate surface area is 130 Å². The molecule has 0 amide bonds. The van der Waals surface area contributed by atoms with Crippen LogP contribution in [-0.2, 0) is 0 Å². The zero-order valence-electron chi connectivity index (χ0n) is 11.0. The predicted molar refractivity (Wildman–Crippen MR) is 89.2 cm³/mol. The van der Waals surface area contributed by atoms with Crippen molar-refractivity contribution in [2.45, 2.75) is 6.10 Å². The van der Waals surface area contributed by atoms with E-state index >= 15 is 0 Å². The zero-order chi connectivity index (χ0) is 14.4. The van der Waals surface area contributed by atoms with Crippen LogP contribution in [0.2, 0.25) is 4.34 Å². The topological polar surface area (TPSA) is 36.0 Å². The van der Waals surface area contributed by atoms with Crippen LogP contribution in [0.15, 0.2) is 54.6 Å². The molecule has 0 saturated carbocycles. The van der Waals surface area contributed by atoms with E-state index < -0.39 is 6.10 Å². The van der Waals surface area contributed by atoms with Gasteiger partial charge in [-0.2, -0.15) is 0 Å². The van der Waals surface area contributed by atoms with Crippen LogP contribution >= 0.6 is 22.9 Å². The van der Waals surface area contributed by atoms with Gasteiger partial charge >= 0.3 is 0 Å². The number of aliphatic hydroxyl groups is 1. The third kappa shape index (κ3) is 2.14. The Kier molecular flexibility index (Phi) is 3.00. The molecule has 4 aromatic rings. The van der Waals surface area contributed by atoms with Gasteiger partial charge < -0.3 is 10.1 Å². The lowest BCUT2D eigenvalue weighted by molar-refractivity contribution is 0.224. The van der Waals surface area contributed by atoms with Gasteiger partial charge in [-0.15, -0.1) is 11.3 Å². The van der Waals surface area contributed by atoms with E-state index in [4.69, 9.17) is 11.6 Å². The van der Waals surface area contributed by atoms with Crippen molar-refractivity contribution in [3.63, 3.8) is 0 Å². The number of aromatic amines is 1. The number of rotatable bonds is 2. The van der Waals surface area contributed by atoms with Gasteiger partial charge in [0.05, 0.1) is 4.34 Å². The largest absolute Gasteiger partial charge is 0.383 e. The number of thiophene rings is 1. The zero-order valence-corrected chi connectivity index (χ0v) is 12.6. The van der Waals surface area contributed by atoms with Crippen LogP contribution in [0.25, 0.3) is 21.8 Å². The molecule has 2 heterocycles. The lowest BCUT2D eigenvalue weighted by Crippen LogP contribution is -1.96. The number of fused-ring (bicyclic) bond motifs is 3. The molecule has 21 heavy (non-hydrogen) atoms. The Bertz CT molecular complexity index is 940. The van der Waals surface area contributed by atoms with E-state index in [2.05, 4.69) is 17.1 Å². The molecule has 2 nitrogen and oxygen atoms in total. The minimum absolute atomic E-state index is 0.638. The van der Waals surface area contributed by atoms with Crippen molar-refractivity contribution in [1.29, 1.82) is 0 Å². The highest BCUT2D eigenvalue weighted by molar-refractivity contribution is 7.16. The lowest BCUT2D eigenvalue weighted by Gasteiger charge is -2.09. The fraction of sp³-hybridized carbons (Fsp3) is 0.0588. The fourth-order valence-corrected chi connectivity index (χ4v) is 3.75. The van der Waals surface area contributed by atoms with Crippen LogP contribution in [-0.4, -0.2) is 10.1 Å². The number of hydrogen-bond donors (Lipinski definition) is 2. The van der Waals surface area contributed by atoms with Gasteiger partial charge in [0.25, 0.3) is 0 Å². The van der Waals surface area contributed by atoms with Crippen LogP contribution in [0.5, 0.6) is 0 Å². The fourth-order valence-electron chi connectivity index (χ4n) is 2.68. The molecule has 0 fully saturated rings. The van der Waals surface area contributed by atoms with Gasteiger partial charge in [0.1, 0.15) is 6.10 Å². The average molecular weight is 314 g/mol. The van der Waals surface area contributed by atoms with Gasteiger partial charge in [-0.25, -0.2) is 0 Å². The number of benzene rings is 2. The van der Waals surface area contributed by atoms with Gasteiger partial charge in [0.15, 0.2) is 0 Å². The van der Waals surface area contributed by atoms with Crippen molar-refractivity contribution < 1.29 is 5.11 Å². The van der Waals surface area contributed by atoms with Crippen LogP contribution in [0, 0.1) is 0 Å². The summed E-state index contributed by atoms with van der Waals surface area (Å²) in [6, 6.07) is 17.9. The van der Waals surface area contributed by atoms with Gasteiger partial charge in [0, 0.05) is 26.7 Å². The number of nitrogens with one attached hydrogen (secondary N) is 1. The normalized spacial score (nSPS) is 13.0. The number of aromatic nitrogens is 1. The maximum absolute atomic E-state index is 10.5. The van der Waals surface area contributed by atoms with E-state index in [0.29, 0.717) is 4.34 Å². The Hall–Kier alpha value is -1.81. The van der Waals surface area contributed by atoms with Crippen molar-refractivity contribution in [2.24, 2.45) is 0 Å². The van der Waals surface area contributed by atoms with E-state index in [1.807, 2.05) is 42.5 Å². The Morgan fingerprint density at radius 2 is 1.76 bits per heavy atom. The number of aliphatic hydroxyl groups excluding tert-OH is 1. The summed E-state index contributed by atoms with van der Waals surface area (Å²) in [6.45, 7) is 0. The Morgan fingerprint density at radius 1 is 0.952 bits per heavy atom. The van der Waals surface area contributed by atoms with E-state index in [0.717, 1.165) is 26.9 Å². The Morgan fingerprint density at radius 3 is 2.57 bits per heavy atom. The van der Waals surface area contributed by atoms with E-state index in [-0.39, 0.29) is 0 Å². The summed E-state index contributed by atoms with van der Waals surface area (Å²) in [6.07, 6.45) is -0.638. The summed E-state index contributed by atoms with van der Waals surface area (Å²) in [4.78, 5) is 4.25. The minimum Gasteiger partial charge on any atom is -0.383 e. The van der Waals surface area contributed by atoms with Crippen molar-refractivity contribution in [1.82, 2.24) is 4.98 Å². The van der Waals surface area contributed by atoms with Crippen LogP contribution in [0.3, 0.4) is 0 Å². The van der Waals surface area contributed by atoms with Gasteiger partial charge in [0.2, 0.25) is 0 Å². The first-order valence-corrected chi connectivity index (χ1v) is 7.85. The van der Waals surface area contributed by atoms with Crippen LogP contribution < -0.4 is 0 Å². The molecule has 2 aromatic carbocycles. The summed E-state index contributed by atoms with van der Waals surface area (Å²) >= 11 is 7.36. The number of halogens is 1. The molecule has 0 bridgehead atoms. The molecule has 104 valence electrons. The predicted octanol–water partition coefficient (Wildman–Crippen LogP) is 5.12. The SMILES string of the molecule is OC(c1ccc2[nH]c3ccccc3c2c1)c1ccc(Cl)s1. The molecule has 0 aliphatic heterocycles. The molecule has 1 atom stereocenters. The van der Waals surface area contributed by atoms with Crippen LogP contribution in [0.1, 0.15) is 16.5 Å². The van der Waals surface area contributed by atoms with E-state index in [9.17, 15) is 5.11 Å². The maximum atomic E-state index is 10.5. The average Bonchev–Trinajstić information content (AvgIpc) is 3.09. The van der Waals surface area contributed by atoms with E-state index in [1.165, 1.54) is 16.7 Å². The summed E-state index contributed by atoms with van der Waals surface area (Å²) in [5.74, 6) is 0. The van der Waals surface area contributed by atoms with Crippen LogP contribution in [0.4, 0.5) is 0 Å². The number of H-pyrrole nitrogens is 1. The first-order valence-electron chi connectivity index (χ1n) is 6.66.